The summed E-state index contributed by atoms with van der Waals surface area (Å²) in [7, 11) is -8.43. The van der Waals surface area contributed by atoms with Gasteiger partial charge in [0.15, 0.2) is 16.6 Å². The lowest BCUT2D eigenvalue weighted by atomic mass is 10.9. The molecule has 0 amide bonds. The van der Waals surface area contributed by atoms with Gasteiger partial charge in [-0.05, 0) is 65.5 Å². The molecular formula is C20H56O10Si7. The topological polar surface area (TPSA) is 92.3 Å². The fraction of sp³-hybridized carbons (Fsp3) is 1.00. The molecule has 224 valence electrons. The standard InChI is InChI=1S/C20H56O10Si7/c1-19(36(21-3,22-4)23-5)31(9,10)27-33(13,14)29-35(17,18)30-34(15,16)28-32(11,12)20(2)37(24-6,25-7)26-8/h19-20H,1-18H3. The highest BCUT2D eigenvalue weighted by atomic mass is 28.5. The minimum Gasteiger partial charge on any atom is -0.436 e. The lowest BCUT2D eigenvalue weighted by Crippen LogP contribution is -2.63. The van der Waals surface area contributed by atoms with E-state index in [4.69, 9.17) is 43.0 Å². The van der Waals surface area contributed by atoms with Crippen LogP contribution < -0.4 is 0 Å². The lowest BCUT2D eigenvalue weighted by Gasteiger charge is -2.46. The van der Waals surface area contributed by atoms with Gasteiger partial charge in [-0.25, -0.2) is 0 Å². The van der Waals surface area contributed by atoms with Crippen molar-refractivity contribution >= 4 is 59.9 Å². The molecule has 0 saturated carbocycles. The highest BCUT2D eigenvalue weighted by molar-refractivity contribution is 6.95. The van der Waals surface area contributed by atoms with E-state index in [2.05, 4.69) is 79.3 Å². The van der Waals surface area contributed by atoms with E-state index in [1.54, 1.807) is 42.7 Å². The van der Waals surface area contributed by atoms with Crippen molar-refractivity contribution in [2.45, 2.75) is 89.6 Å². The zero-order valence-corrected chi connectivity index (χ0v) is 33.7. The van der Waals surface area contributed by atoms with Crippen molar-refractivity contribution in [3.05, 3.63) is 0 Å². The normalized spacial score (nSPS) is 16.7. The summed E-state index contributed by atoms with van der Waals surface area (Å²) >= 11 is 0. The zero-order valence-electron chi connectivity index (χ0n) is 26.7. The van der Waals surface area contributed by atoms with Gasteiger partial charge in [-0.15, -0.1) is 0 Å². The van der Waals surface area contributed by atoms with Crippen molar-refractivity contribution in [1.29, 1.82) is 0 Å². The third-order valence-electron chi connectivity index (χ3n) is 6.85. The Labute approximate surface area is 234 Å². The molecule has 0 spiro atoms. The first kappa shape index (κ1) is 38.1. The van der Waals surface area contributed by atoms with Gasteiger partial charge in [0.05, 0.1) is 0 Å². The van der Waals surface area contributed by atoms with Crippen LogP contribution in [-0.2, 0) is 43.0 Å². The van der Waals surface area contributed by atoms with Crippen molar-refractivity contribution < 1.29 is 43.0 Å². The van der Waals surface area contributed by atoms with Crippen molar-refractivity contribution in [2.75, 3.05) is 42.7 Å². The second-order valence-corrected chi connectivity index (χ2v) is 39.3. The molecule has 0 aliphatic heterocycles. The number of rotatable bonds is 18. The second kappa shape index (κ2) is 13.9. The van der Waals surface area contributed by atoms with Gasteiger partial charge in [-0.1, -0.05) is 13.8 Å². The van der Waals surface area contributed by atoms with E-state index in [0.717, 1.165) is 0 Å². The molecule has 0 aromatic carbocycles. The van der Waals surface area contributed by atoms with Gasteiger partial charge in [0.25, 0.3) is 0 Å². The Kier molecular flexibility index (Phi) is 14.3. The van der Waals surface area contributed by atoms with E-state index in [0.29, 0.717) is 0 Å². The quantitative estimate of drug-likeness (QED) is 0.184. The van der Waals surface area contributed by atoms with Crippen LogP contribution in [0.25, 0.3) is 0 Å². The summed E-state index contributed by atoms with van der Waals surface area (Å²) in [6.45, 7) is 25.3. The molecule has 2 atom stereocenters. The van der Waals surface area contributed by atoms with Gasteiger partial charge in [0.2, 0.25) is 0 Å². The van der Waals surface area contributed by atoms with Gasteiger partial charge in [-0.3, -0.25) is 0 Å². The molecule has 0 aliphatic rings. The van der Waals surface area contributed by atoms with Crippen molar-refractivity contribution in [3.8, 4) is 0 Å². The second-order valence-electron chi connectivity index (χ2n) is 11.7. The molecule has 0 saturated heterocycles. The smallest absolute Gasteiger partial charge is 0.436 e. The molecule has 0 aliphatic carbocycles. The summed E-state index contributed by atoms with van der Waals surface area (Å²) in [5, 5.41) is 0.0191. The predicted octanol–water partition coefficient (Wildman–Crippen LogP) is 5.18. The van der Waals surface area contributed by atoms with Crippen LogP contribution in [0.5, 0.6) is 0 Å². The zero-order chi connectivity index (χ0) is 29.7. The molecular weight excluding hydrogens is 597 g/mol. The monoisotopic (exact) mass is 652 g/mol. The summed E-state index contributed by atoms with van der Waals surface area (Å²) in [6, 6.07) is 0. The van der Waals surface area contributed by atoms with Crippen LogP contribution in [0.2, 0.25) is 75.8 Å². The van der Waals surface area contributed by atoms with Gasteiger partial charge in [0.1, 0.15) is 0 Å². The van der Waals surface area contributed by atoms with E-state index >= 15 is 0 Å². The maximum atomic E-state index is 6.82. The van der Waals surface area contributed by atoms with E-state index in [-0.39, 0.29) is 10.3 Å². The van der Waals surface area contributed by atoms with E-state index in [1.165, 1.54) is 0 Å². The average molecular weight is 653 g/mol. The minimum absolute atomic E-state index is 0.00953. The summed E-state index contributed by atoms with van der Waals surface area (Å²) < 4.78 is 61.6. The van der Waals surface area contributed by atoms with Crippen LogP contribution in [-0.4, -0.2) is 103 Å². The Bertz CT molecular complexity index is 628. The molecule has 0 rings (SSSR count). The summed E-state index contributed by atoms with van der Waals surface area (Å²) in [5.41, 5.74) is 0. The van der Waals surface area contributed by atoms with Gasteiger partial charge >= 0.3 is 43.3 Å². The first-order chi connectivity index (χ1) is 16.5. The average Bonchev–Trinajstić information content (AvgIpc) is 2.73. The largest absolute Gasteiger partial charge is 0.502 e. The van der Waals surface area contributed by atoms with E-state index < -0.39 is 59.9 Å². The molecule has 0 aromatic heterocycles. The predicted molar refractivity (Wildman–Crippen MR) is 164 cm³/mol. The first-order valence-corrected chi connectivity index (χ1v) is 30.6. The Morgan fingerprint density at radius 2 is 0.541 bits per heavy atom. The van der Waals surface area contributed by atoms with Crippen LogP contribution in [0.3, 0.4) is 0 Å². The summed E-state index contributed by atoms with van der Waals surface area (Å²) in [5.74, 6) is 0. The molecule has 2 unspecified atom stereocenters. The minimum atomic E-state index is -2.87. The number of hydrogen-bond acceptors (Lipinski definition) is 10. The third kappa shape index (κ3) is 10.2. The van der Waals surface area contributed by atoms with Crippen LogP contribution >= 0.6 is 0 Å². The van der Waals surface area contributed by atoms with E-state index in [1.807, 2.05) is 0 Å². The Morgan fingerprint density at radius 3 is 0.730 bits per heavy atom. The maximum Gasteiger partial charge on any atom is 0.502 e. The van der Waals surface area contributed by atoms with Crippen LogP contribution in [0.1, 0.15) is 13.8 Å². The Balaban J connectivity index is 5.68. The Hall–Kier alpha value is 1.12. The van der Waals surface area contributed by atoms with Crippen LogP contribution in [0.4, 0.5) is 0 Å². The first-order valence-electron chi connectivity index (χ1n) is 12.6. The Morgan fingerprint density at radius 1 is 0.351 bits per heavy atom. The van der Waals surface area contributed by atoms with Gasteiger partial charge in [0, 0.05) is 53.0 Å². The highest BCUT2D eigenvalue weighted by Gasteiger charge is 2.57. The van der Waals surface area contributed by atoms with Crippen molar-refractivity contribution in [3.63, 3.8) is 0 Å². The van der Waals surface area contributed by atoms with Crippen molar-refractivity contribution in [2.24, 2.45) is 0 Å². The van der Waals surface area contributed by atoms with Crippen molar-refractivity contribution in [1.82, 2.24) is 0 Å². The highest BCUT2D eigenvalue weighted by Crippen LogP contribution is 2.38. The molecule has 0 aromatic rings. The molecule has 0 radical (unpaired) electrons. The molecule has 10 nitrogen and oxygen atoms in total. The van der Waals surface area contributed by atoms with Gasteiger partial charge < -0.3 is 43.0 Å². The molecule has 0 fully saturated rings. The summed E-state index contributed by atoms with van der Waals surface area (Å²) in [4.78, 5) is 0. The summed E-state index contributed by atoms with van der Waals surface area (Å²) in [6.07, 6.45) is 0. The maximum absolute atomic E-state index is 6.82. The van der Waals surface area contributed by atoms with Crippen LogP contribution in [0, 0.1) is 0 Å². The molecule has 0 bridgehead atoms. The molecule has 17 heteroatoms. The van der Waals surface area contributed by atoms with Gasteiger partial charge in [-0.2, -0.15) is 0 Å². The van der Waals surface area contributed by atoms with E-state index in [9.17, 15) is 0 Å². The fourth-order valence-corrected chi connectivity index (χ4v) is 40.9. The SMILES string of the molecule is CO[Si](OC)(OC)C(C)[Si](C)(C)O[Si](C)(C)O[Si](C)(C)O[Si](C)(C)O[Si](C)(C)C(C)[Si](OC)(OC)OC. The lowest BCUT2D eigenvalue weighted by molar-refractivity contribution is 0.118. The molecule has 0 N–H and O–H groups in total. The molecule has 37 heavy (non-hydrogen) atoms. The fourth-order valence-electron chi connectivity index (χ4n) is 5.10. The number of hydrogen-bond donors (Lipinski definition) is 0. The third-order valence-corrected chi connectivity index (χ3v) is 38.9. The molecule has 0 heterocycles. The van der Waals surface area contributed by atoms with Crippen LogP contribution in [0.15, 0.2) is 0 Å².